The molecule has 116 valence electrons. The van der Waals surface area contributed by atoms with Crippen molar-refractivity contribution in [3.8, 4) is 0 Å². The summed E-state index contributed by atoms with van der Waals surface area (Å²) in [6.07, 6.45) is 5.66. The molecular weight excluding hydrogens is 260 g/mol. The van der Waals surface area contributed by atoms with Crippen LogP contribution in [0.25, 0.3) is 0 Å². The van der Waals surface area contributed by atoms with Gasteiger partial charge in [-0.2, -0.15) is 0 Å². The lowest BCUT2D eigenvalue weighted by molar-refractivity contribution is -0.157. The molecule has 0 aromatic heterocycles. The summed E-state index contributed by atoms with van der Waals surface area (Å²) >= 11 is 0. The van der Waals surface area contributed by atoms with Gasteiger partial charge in [-0.1, -0.05) is 18.6 Å². The molecule has 1 aromatic carbocycles. The van der Waals surface area contributed by atoms with Crippen molar-refractivity contribution in [2.45, 2.75) is 51.3 Å². The highest BCUT2D eigenvalue weighted by Gasteiger charge is 2.58. The standard InChI is InChI=1S/C18H28N2O/c1-4-21-17-12-16(18(17)9-6-10-18)19-15-8-5-7-14(11-15)13-20(2)3/h5,7-8,11,16-17,19H,4,6,9-10,12-13H2,1-3H3. The molecule has 0 aliphatic heterocycles. The highest BCUT2D eigenvalue weighted by Crippen LogP contribution is 2.58. The minimum atomic E-state index is 0.424. The molecule has 0 heterocycles. The van der Waals surface area contributed by atoms with Gasteiger partial charge in [-0.25, -0.2) is 0 Å². The molecule has 2 saturated carbocycles. The minimum absolute atomic E-state index is 0.424. The van der Waals surface area contributed by atoms with Gasteiger partial charge >= 0.3 is 0 Å². The van der Waals surface area contributed by atoms with Crippen LogP contribution in [0.15, 0.2) is 24.3 Å². The molecule has 3 heteroatoms. The van der Waals surface area contributed by atoms with Crippen LogP contribution in [0, 0.1) is 5.41 Å². The second kappa shape index (κ2) is 5.98. The normalized spacial score (nSPS) is 26.5. The average molecular weight is 288 g/mol. The van der Waals surface area contributed by atoms with Crippen molar-refractivity contribution in [2.24, 2.45) is 5.41 Å². The summed E-state index contributed by atoms with van der Waals surface area (Å²) in [4.78, 5) is 2.21. The maximum absolute atomic E-state index is 5.93. The fourth-order valence-corrected chi connectivity index (χ4v) is 3.97. The summed E-state index contributed by atoms with van der Waals surface area (Å²) in [6, 6.07) is 9.44. The van der Waals surface area contributed by atoms with E-state index in [1.165, 1.54) is 30.5 Å². The van der Waals surface area contributed by atoms with E-state index in [1.807, 2.05) is 0 Å². The Hall–Kier alpha value is -1.06. The highest BCUT2D eigenvalue weighted by molar-refractivity contribution is 5.48. The third-order valence-electron chi connectivity index (χ3n) is 5.20. The molecule has 0 radical (unpaired) electrons. The van der Waals surface area contributed by atoms with Crippen LogP contribution in [0.2, 0.25) is 0 Å². The van der Waals surface area contributed by atoms with E-state index in [0.717, 1.165) is 19.6 Å². The summed E-state index contributed by atoms with van der Waals surface area (Å²) < 4.78 is 5.93. The third-order valence-corrected chi connectivity index (χ3v) is 5.20. The SMILES string of the molecule is CCOC1CC(Nc2cccc(CN(C)C)c2)C12CCC2. The van der Waals surface area contributed by atoms with Gasteiger partial charge in [-0.3, -0.25) is 0 Å². The quantitative estimate of drug-likeness (QED) is 0.867. The maximum atomic E-state index is 5.93. The first-order valence-corrected chi connectivity index (χ1v) is 8.26. The summed E-state index contributed by atoms with van der Waals surface area (Å²) in [5.41, 5.74) is 3.06. The Kier molecular flexibility index (Phi) is 4.23. The van der Waals surface area contributed by atoms with Crippen LogP contribution in [-0.2, 0) is 11.3 Å². The van der Waals surface area contributed by atoms with Gasteiger partial charge in [0.2, 0.25) is 0 Å². The molecule has 3 nitrogen and oxygen atoms in total. The predicted molar refractivity (Wildman–Crippen MR) is 87.6 cm³/mol. The lowest BCUT2D eigenvalue weighted by Crippen LogP contribution is -2.64. The maximum Gasteiger partial charge on any atom is 0.0670 e. The van der Waals surface area contributed by atoms with Crippen LogP contribution in [-0.4, -0.2) is 37.7 Å². The molecule has 0 saturated heterocycles. The van der Waals surface area contributed by atoms with Crippen LogP contribution in [0.5, 0.6) is 0 Å². The van der Waals surface area contributed by atoms with Crippen molar-refractivity contribution in [1.82, 2.24) is 4.90 Å². The zero-order chi connectivity index (χ0) is 14.9. The Morgan fingerprint density at radius 1 is 1.33 bits per heavy atom. The van der Waals surface area contributed by atoms with Crippen LogP contribution in [0.4, 0.5) is 5.69 Å². The molecule has 0 amide bonds. The van der Waals surface area contributed by atoms with Crippen LogP contribution in [0.1, 0.15) is 38.2 Å². The van der Waals surface area contributed by atoms with E-state index in [-0.39, 0.29) is 0 Å². The van der Waals surface area contributed by atoms with E-state index in [9.17, 15) is 0 Å². The lowest BCUT2D eigenvalue weighted by Gasteiger charge is -2.61. The Morgan fingerprint density at radius 2 is 2.14 bits per heavy atom. The fourth-order valence-electron chi connectivity index (χ4n) is 3.97. The van der Waals surface area contributed by atoms with Gasteiger partial charge in [-0.05, 0) is 58.0 Å². The van der Waals surface area contributed by atoms with E-state index in [1.54, 1.807) is 0 Å². The van der Waals surface area contributed by atoms with E-state index < -0.39 is 0 Å². The summed E-state index contributed by atoms with van der Waals surface area (Å²) in [5.74, 6) is 0. The molecule has 3 rings (SSSR count). The molecule has 2 aliphatic carbocycles. The monoisotopic (exact) mass is 288 g/mol. The van der Waals surface area contributed by atoms with Crippen molar-refractivity contribution in [3.05, 3.63) is 29.8 Å². The van der Waals surface area contributed by atoms with E-state index >= 15 is 0 Å². The Labute approximate surface area is 128 Å². The lowest BCUT2D eigenvalue weighted by atomic mass is 9.51. The Bertz CT molecular complexity index is 482. The number of nitrogens with zero attached hydrogens (tertiary/aromatic N) is 1. The number of rotatable bonds is 6. The van der Waals surface area contributed by atoms with Gasteiger partial charge in [-0.15, -0.1) is 0 Å². The zero-order valence-electron chi connectivity index (χ0n) is 13.6. The Balaban J connectivity index is 1.64. The first-order chi connectivity index (χ1) is 10.1. The van der Waals surface area contributed by atoms with Gasteiger partial charge in [0.05, 0.1) is 6.10 Å². The van der Waals surface area contributed by atoms with Crippen LogP contribution < -0.4 is 5.32 Å². The van der Waals surface area contributed by atoms with Gasteiger partial charge in [0.15, 0.2) is 0 Å². The van der Waals surface area contributed by atoms with Crippen molar-refractivity contribution < 1.29 is 4.74 Å². The van der Waals surface area contributed by atoms with Gasteiger partial charge in [0.1, 0.15) is 0 Å². The number of anilines is 1. The van der Waals surface area contributed by atoms with Gasteiger partial charge in [0.25, 0.3) is 0 Å². The van der Waals surface area contributed by atoms with Crippen molar-refractivity contribution in [1.29, 1.82) is 0 Å². The van der Waals surface area contributed by atoms with E-state index in [0.29, 0.717) is 17.6 Å². The van der Waals surface area contributed by atoms with Gasteiger partial charge in [0, 0.05) is 30.3 Å². The molecule has 21 heavy (non-hydrogen) atoms. The second-order valence-electron chi connectivity index (χ2n) is 6.90. The highest BCUT2D eigenvalue weighted by atomic mass is 16.5. The Morgan fingerprint density at radius 3 is 2.76 bits per heavy atom. The smallest absolute Gasteiger partial charge is 0.0670 e. The third kappa shape index (κ3) is 2.82. The predicted octanol–water partition coefficient (Wildman–Crippen LogP) is 3.51. The molecule has 0 bridgehead atoms. The summed E-state index contributed by atoms with van der Waals surface area (Å²) in [7, 11) is 4.23. The summed E-state index contributed by atoms with van der Waals surface area (Å²) in [5, 5.41) is 3.77. The number of nitrogens with one attached hydrogen (secondary N) is 1. The molecule has 2 aliphatic rings. The fraction of sp³-hybridized carbons (Fsp3) is 0.667. The second-order valence-corrected chi connectivity index (χ2v) is 6.90. The number of hydrogen-bond acceptors (Lipinski definition) is 3. The van der Waals surface area contributed by atoms with Crippen LogP contribution >= 0.6 is 0 Å². The van der Waals surface area contributed by atoms with E-state index in [2.05, 4.69) is 55.5 Å². The van der Waals surface area contributed by atoms with Crippen molar-refractivity contribution in [3.63, 3.8) is 0 Å². The first kappa shape index (κ1) is 14.9. The molecule has 2 atom stereocenters. The summed E-state index contributed by atoms with van der Waals surface area (Å²) in [6.45, 7) is 3.95. The molecule has 2 unspecified atom stereocenters. The number of ether oxygens (including phenoxy) is 1. The zero-order valence-corrected chi connectivity index (χ0v) is 13.6. The van der Waals surface area contributed by atoms with Crippen molar-refractivity contribution in [2.75, 3.05) is 26.0 Å². The van der Waals surface area contributed by atoms with Crippen LogP contribution in [0.3, 0.4) is 0 Å². The molecule has 1 aromatic rings. The number of benzene rings is 1. The molecule has 2 fully saturated rings. The molecular formula is C18H28N2O. The largest absolute Gasteiger partial charge is 0.382 e. The average Bonchev–Trinajstić information content (AvgIpc) is 2.35. The molecule has 1 spiro atoms. The minimum Gasteiger partial charge on any atom is -0.382 e. The topological polar surface area (TPSA) is 24.5 Å². The molecule has 1 N–H and O–H groups in total. The number of hydrogen-bond donors (Lipinski definition) is 1. The first-order valence-electron chi connectivity index (χ1n) is 8.26. The van der Waals surface area contributed by atoms with E-state index in [4.69, 9.17) is 4.74 Å². The van der Waals surface area contributed by atoms with Gasteiger partial charge < -0.3 is 15.0 Å². The van der Waals surface area contributed by atoms with Crippen molar-refractivity contribution >= 4 is 5.69 Å².